The number of aromatic nitrogens is 1. The van der Waals surface area contributed by atoms with Crippen LogP contribution in [0, 0.1) is 10.1 Å². The fourth-order valence-electron chi connectivity index (χ4n) is 4.92. The lowest BCUT2D eigenvalue weighted by Gasteiger charge is -2.13. The van der Waals surface area contributed by atoms with Crippen molar-refractivity contribution < 1.29 is 61.2 Å². The number of hydrogen-bond donors (Lipinski definition) is 1. The molecule has 6 aromatic rings. The fourth-order valence-corrected chi connectivity index (χ4v) is 5.81. The van der Waals surface area contributed by atoms with Gasteiger partial charge >= 0.3 is 23.8 Å². The number of ether oxygens (including phenoxy) is 6. The fraction of sp³-hybridized carbons (Fsp3) is 0.167. The maximum atomic E-state index is 12.6. The largest absolute Gasteiger partial charge is 0.487 e. The maximum Gasteiger partial charge on any atom is 0.416 e. The number of nitro groups is 1. The van der Waals surface area contributed by atoms with Gasteiger partial charge in [0, 0.05) is 28.7 Å². The van der Waals surface area contributed by atoms with E-state index in [1.165, 1.54) is 25.3 Å². The summed E-state index contributed by atoms with van der Waals surface area (Å²) >= 11 is 23.7. The van der Waals surface area contributed by atoms with Crippen molar-refractivity contribution in [2.75, 3.05) is 20.3 Å². The molecule has 0 saturated heterocycles. The Bertz CT molecular complexity index is 2510. The summed E-state index contributed by atoms with van der Waals surface area (Å²) in [6.45, 7) is 3.08. The van der Waals surface area contributed by atoms with E-state index in [9.17, 15) is 32.9 Å². The molecule has 1 N–H and O–H groups in total. The lowest BCUT2D eigenvalue weighted by Crippen LogP contribution is -2.24. The number of carboxylic acid groups (broad SMARTS) is 1. The Morgan fingerprint density at radius 3 is 1.98 bits per heavy atom. The molecule has 5 aromatic carbocycles. The molecule has 6 rings (SSSR count). The number of alkyl halides is 3. The quantitative estimate of drug-likeness (QED) is 0.0662. The molecule has 326 valence electrons. The van der Waals surface area contributed by atoms with Crippen molar-refractivity contribution in [3.05, 3.63) is 145 Å². The number of carbonyl (C=O) groups is 2. The molecule has 0 bridgehead atoms. The smallest absolute Gasteiger partial charge is 0.416 e. The van der Waals surface area contributed by atoms with Crippen LogP contribution < -0.4 is 23.7 Å². The van der Waals surface area contributed by atoms with E-state index in [-0.39, 0.29) is 34.6 Å². The molecular formula is C42H33Cl4F3N2O11. The maximum absolute atomic E-state index is 12.6. The molecule has 0 aliphatic rings. The van der Waals surface area contributed by atoms with E-state index in [4.69, 9.17) is 75.2 Å². The zero-order chi connectivity index (χ0) is 45.6. The summed E-state index contributed by atoms with van der Waals surface area (Å²) in [7, 11) is 1.31. The number of methoxy groups -OCH3 is 1. The first-order valence-corrected chi connectivity index (χ1v) is 19.2. The van der Waals surface area contributed by atoms with Gasteiger partial charge in [0.1, 0.15) is 40.0 Å². The summed E-state index contributed by atoms with van der Waals surface area (Å²) in [5.41, 5.74) is -0.586. The number of benzene rings is 5. The van der Waals surface area contributed by atoms with Crippen LogP contribution in [0.4, 0.5) is 18.9 Å². The average Bonchev–Trinajstić information content (AvgIpc) is 3.23. The minimum absolute atomic E-state index is 0.0111. The molecule has 20 heteroatoms. The Hall–Kier alpha value is -6.20. The number of esters is 1. The first-order valence-electron chi connectivity index (χ1n) is 17.7. The van der Waals surface area contributed by atoms with Gasteiger partial charge in [0.05, 0.1) is 39.3 Å². The van der Waals surface area contributed by atoms with Crippen molar-refractivity contribution >= 4 is 74.9 Å². The van der Waals surface area contributed by atoms with Crippen molar-refractivity contribution in [1.29, 1.82) is 0 Å². The summed E-state index contributed by atoms with van der Waals surface area (Å²) < 4.78 is 69.2. The van der Waals surface area contributed by atoms with Gasteiger partial charge in [0.2, 0.25) is 5.75 Å². The number of nitro benzene ring substituents is 1. The number of hydrogen-bond acceptors (Lipinski definition) is 11. The van der Waals surface area contributed by atoms with Crippen molar-refractivity contribution in [3.63, 3.8) is 0 Å². The predicted molar refractivity (Wildman–Crippen MR) is 226 cm³/mol. The van der Waals surface area contributed by atoms with Gasteiger partial charge < -0.3 is 33.5 Å². The Labute approximate surface area is 371 Å². The summed E-state index contributed by atoms with van der Waals surface area (Å²) in [6, 6.07) is 25.0. The second kappa shape index (κ2) is 22.6. The van der Waals surface area contributed by atoms with Crippen LogP contribution in [0.1, 0.15) is 19.4 Å². The average molecular weight is 941 g/mol. The summed E-state index contributed by atoms with van der Waals surface area (Å²) in [4.78, 5) is 36.1. The number of carboxylic acids is 1. The second-order valence-corrected chi connectivity index (χ2v) is 13.8. The molecule has 62 heavy (non-hydrogen) atoms. The molecule has 0 aliphatic carbocycles. The third-order valence-electron chi connectivity index (χ3n) is 7.74. The molecule has 1 aromatic heterocycles. The molecule has 1 heterocycles. The highest BCUT2D eigenvalue weighted by atomic mass is 35.5. The highest BCUT2D eigenvalue weighted by Crippen LogP contribution is 2.39. The highest BCUT2D eigenvalue weighted by Gasteiger charge is 2.31. The van der Waals surface area contributed by atoms with E-state index in [2.05, 4.69) is 9.72 Å². The van der Waals surface area contributed by atoms with Gasteiger partial charge in [-0.1, -0.05) is 46.4 Å². The van der Waals surface area contributed by atoms with Gasteiger partial charge in [0.25, 0.3) is 0 Å². The normalized spacial score (nSPS) is 11.1. The highest BCUT2D eigenvalue weighted by molar-refractivity contribution is 6.36. The van der Waals surface area contributed by atoms with Crippen LogP contribution in [-0.2, 0) is 20.5 Å². The van der Waals surface area contributed by atoms with Crippen molar-refractivity contribution in [1.82, 2.24) is 4.98 Å². The lowest BCUT2D eigenvalue weighted by molar-refractivity contribution is -0.385. The molecule has 0 fully saturated rings. The second-order valence-electron chi connectivity index (χ2n) is 12.1. The van der Waals surface area contributed by atoms with E-state index in [0.29, 0.717) is 43.6 Å². The first kappa shape index (κ1) is 48.5. The van der Waals surface area contributed by atoms with E-state index >= 15 is 0 Å². The number of rotatable bonds is 13. The van der Waals surface area contributed by atoms with E-state index in [1.807, 2.05) is 0 Å². The predicted octanol–water partition coefficient (Wildman–Crippen LogP) is 12.5. The standard InChI is InChI=1S/C16H14Cl2O4.C15H11ClF3NO4.C11H8ClNO3/c1-10(16(19)20-2)21-12-4-6-13(7-5-12)22-15-8-3-11(17)9-14(15)18;1-2-23-14-8-10(4-5-12(14)20(21)22)24-13-6-3-9(7-11(13)16)15(17,18)19;12-8-3-4-9(16-6-10(14)15)11-7(8)2-1-5-13-11/h3-10H,1-2H3;3-8H,2H2,1H3;1-5H,6H2,(H,14,15). The van der Waals surface area contributed by atoms with Crippen LogP contribution in [-0.4, -0.2) is 53.4 Å². The molecule has 1 atom stereocenters. The number of carbonyl (C=O) groups excluding carboxylic acids is 1. The Morgan fingerprint density at radius 1 is 0.774 bits per heavy atom. The number of aliphatic carboxylic acids is 1. The van der Waals surface area contributed by atoms with Crippen molar-refractivity contribution in [2.45, 2.75) is 26.1 Å². The molecule has 0 amide bonds. The Kier molecular flexibility index (Phi) is 17.7. The number of pyridine rings is 1. The summed E-state index contributed by atoms with van der Waals surface area (Å²) in [5.74, 6) is 0.696. The topological polar surface area (TPSA) is 166 Å². The Morgan fingerprint density at radius 2 is 1.39 bits per heavy atom. The third-order valence-corrected chi connectivity index (χ3v) is 8.89. The van der Waals surface area contributed by atoms with Crippen molar-refractivity contribution in [2.24, 2.45) is 0 Å². The molecule has 0 aliphatic heterocycles. The molecule has 0 radical (unpaired) electrons. The molecule has 0 saturated carbocycles. The lowest BCUT2D eigenvalue weighted by atomic mass is 10.2. The van der Waals surface area contributed by atoms with E-state index < -0.39 is 41.3 Å². The van der Waals surface area contributed by atoms with E-state index in [0.717, 1.165) is 23.6 Å². The van der Waals surface area contributed by atoms with Crippen LogP contribution in [0.25, 0.3) is 10.9 Å². The third kappa shape index (κ3) is 14.2. The van der Waals surface area contributed by atoms with Gasteiger partial charge in [-0.2, -0.15) is 13.2 Å². The van der Waals surface area contributed by atoms with Gasteiger partial charge in [-0.15, -0.1) is 0 Å². The van der Waals surface area contributed by atoms with Gasteiger partial charge in [0.15, 0.2) is 12.7 Å². The van der Waals surface area contributed by atoms with E-state index in [1.54, 1.807) is 86.8 Å². The van der Waals surface area contributed by atoms with Gasteiger partial charge in [-0.05, 0) is 105 Å². The minimum atomic E-state index is -4.52. The summed E-state index contributed by atoms with van der Waals surface area (Å²) in [5, 5.41) is 21.5. The monoisotopic (exact) mass is 938 g/mol. The van der Waals surface area contributed by atoms with Crippen LogP contribution in [0.3, 0.4) is 0 Å². The molecule has 0 spiro atoms. The van der Waals surface area contributed by atoms with Crippen LogP contribution in [0.15, 0.2) is 109 Å². The number of fused-ring (bicyclic) bond motifs is 1. The zero-order valence-corrected chi connectivity index (χ0v) is 35.5. The van der Waals surface area contributed by atoms with Gasteiger partial charge in [-0.3, -0.25) is 15.1 Å². The van der Waals surface area contributed by atoms with Crippen molar-refractivity contribution in [3.8, 4) is 40.2 Å². The van der Waals surface area contributed by atoms with Crippen LogP contribution in [0.5, 0.6) is 40.2 Å². The Balaban J connectivity index is 0.000000208. The SMILES string of the molecule is CCOc1cc(Oc2ccc(C(F)(F)F)cc2Cl)ccc1[N+](=O)[O-].COC(=O)C(C)Oc1ccc(Oc2ccc(Cl)cc2Cl)cc1.O=C(O)COc1ccc(Cl)c2cccnc12. The number of nitrogens with zero attached hydrogens (tertiary/aromatic N) is 2. The molecule has 13 nitrogen and oxygen atoms in total. The zero-order valence-electron chi connectivity index (χ0n) is 32.5. The number of halogens is 7. The first-order chi connectivity index (χ1) is 29.4. The van der Waals surface area contributed by atoms with Gasteiger partial charge in [-0.25, -0.2) is 9.59 Å². The minimum Gasteiger partial charge on any atom is -0.487 e. The summed E-state index contributed by atoms with van der Waals surface area (Å²) in [6.07, 6.45) is -3.59. The molecular weight excluding hydrogens is 907 g/mol. The molecule has 1 unspecified atom stereocenters. The van der Waals surface area contributed by atoms with Crippen LogP contribution in [0.2, 0.25) is 20.1 Å². The van der Waals surface area contributed by atoms with Crippen LogP contribution >= 0.6 is 46.4 Å².